The summed E-state index contributed by atoms with van der Waals surface area (Å²) in [6.07, 6.45) is 1.77. The zero-order valence-corrected chi connectivity index (χ0v) is 12.8. The Hall–Kier alpha value is -0.620. The Morgan fingerprint density at radius 2 is 2.00 bits per heavy atom. The van der Waals surface area contributed by atoms with Crippen LogP contribution in [0.5, 0.6) is 0 Å². The number of hydrogen-bond donors (Lipinski definition) is 1. The van der Waals surface area contributed by atoms with E-state index in [1.807, 2.05) is 13.8 Å². The first kappa shape index (κ1) is 16.4. The summed E-state index contributed by atoms with van der Waals surface area (Å²) in [6.45, 7) is 4.58. The van der Waals surface area contributed by atoms with E-state index in [0.29, 0.717) is 18.7 Å². The van der Waals surface area contributed by atoms with Crippen LogP contribution in [0.15, 0.2) is 23.1 Å². The van der Waals surface area contributed by atoms with Crippen LogP contribution in [0.3, 0.4) is 0 Å². The van der Waals surface area contributed by atoms with Crippen LogP contribution in [0, 0.1) is 0 Å². The SMILES string of the molecule is CCCCN(CC)S(=O)(=O)c1ccc(CO)c(Cl)c1. The van der Waals surface area contributed by atoms with E-state index in [4.69, 9.17) is 16.7 Å². The predicted molar refractivity (Wildman–Crippen MR) is 76.7 cm³/mol. The molecule has 19 heavy (non-hydrogen) atoms. The maximum atomic E-state index is 12.4. The molecule has 0 radical (unpaired) electrons. The van der Waals surface area contributed by atoms with E-state index in [0.717, 1.165) is 12.8 Å². The van der Waals surface area contributed by atoms with Crippen molar-refractivity contribution >= 4 is 21.6 Å². The summed E-state index contributed by atoms with van der Waals surface area (Å²) in [5.41, 5.74) is 0.525. The maximum Gasteiger partial charge on any atom is 0.243 e. The first-order chi connectivity index (χ1) is 8.97. The highest BCUT2D eigenvalue weighted by atomic mass is 35.5. The van der Waals surface area contributed by atoms with E-state index in [1.54, 1.807) is 6.07 Å². The van der Waals surface area contributed by atoms with Gasteiger partial charge in [-0.15, -0.1) is 0 Å². The molecule has 6 heteroatoms. The van der Waals surface area contributed by atoms with Gasteiger partial charge in [0.15, 0.2) is 0 Å². The number of aliphatic hydroxyl groups is 1. The quantitative estimate of drug-likeness (QED) is 0.842. The minimum absolute atomic E-state index is 0.174. The molecule has 0 bridgehead atoms. The van der Waals surface area contributed by atoms with Crippen molar-refractivity contribution in [2.45, 2.75) is 38.2 Å². The Balaban J connectivity index is 3.07. The molecule has 0 aliphatic rings. The molecule has 1 N–H and O–H groups in total. The first-order valence-corrected chi connectivity index (χ1v) is 8.18. The second-order valence-electron chi connectivity index (χ2n) is 4.26. The summed E-state index contributed by atoms with van der Waals surface area (Å²) in [4.78, 5) is 0.174. The third-order valence-corrected chi connectivity index (χ3v) is 5.27. The first-order valence-electron chi connectivity index (χ1n) is 6.36. The summed E-state index contributed by atoms with van der Waals surface area (Å²) >= 11 is 5.94. The van der Waals surface area contributed by atoms with Crippen LogP contribution in [0.25, 0.3) is 0 Å². The Morgan fingerprint density at radius 1 is 1.32 bits per heavy atom. The molecule has 0 aliphatic heterocycles. The smallest absolute Gasteiger partial charge is 0.243 e. The lowest BCUT2D eigenvalue weighted by Gasteiger charge is -2.20. The van der Waals surface area contributed by atoms with Crippen LogP contribution in [-0.2, 0) is 16.6 Å². The van der Waals surface area contributed by atoms with Gasteiger partial charge in [0.1, 0.15) is 0 Å². The summed E-state index contributed by atoms with van der Waals surface area (Å²) < 4.78 is 26.3. The van der Waals surface area contributed by atoms with E-state index in [2.05, 4.69) is 0 Å². The zero-order chi connectivity index (χ0) is 14.5. The van der Waals surface area contributed by atoms with Crippen molar-refractivity contribution in [3.63, 3.8) is 0 Å². The Labute approximate surface area is 120 Å². The fraction of sp³-hybridized carbons (Fsp3) is 0.538. The van der Waals surface area contributed by atoms with Gasteiger partial charge in [0.05, 0.1) is 11.5 Å². The molecule has 0 atom stereocenters. The van der Waals surface area contributed by atoms with Crippen molar-refractivity contribution in [2.75, 3.05) is 13.1 Å². The summed E-state index contributed by atoms with van der Waals surface area (Å²) in [7, 11) is -3.50. The number of halogens is 1. The van der Waals surface area contributed by atoms with Gasteiger partial charge in [-0.05, 0) is 24.1 Å². The number of sulfonamides is 1. The Kier molecular flexibility index (Phi) is 6.26. The molecule has 1 rings (SSSR count). The van der Waals surface area contributed by atoms with Crippen molar-refractivity contribution in [3.8, 4) is 0 Å². The fourth-order valence-electron chi connectivity index (χ4n) is 1.75. The third kappa shape index (κ3) is 3.92. The molecule has 0 amide bonds. The van der Waals surface area contributed by atoms with Crippen molar-refractivity contribution in [3.05, 3.63) is 28.8 Å². The Morgan fingerprint density at radius 3 is 2.47 bits per heavy atom. The molecular formula is C13H20ClNO3S. The van der Waals surface area contributed by atoms with Gasteiger partial charge in [0, 0.05) is 18.1 Å². The fourth-order valence-corrected chi connectivity index (χ4v) is 3.57. The number of aliphatic hydroxyl groups excluding tert-OH is 1. The van der Waals surface area contributed by atoms with Crippen LogP contribution < -0.4 is 0 Å². The number of hydrogen-bond acceptors (Lipinski definition) is 3. The summed E-state index contributed by atoms with van der Waals surface area (Å²) in [6, 6.07) is 4.43. The largest absolute Gasteiger partial charge is 0.392 e. The van der Waals surface area contributed by atoms with Gasteiger partial charge >= 0.3 is 0 Å². The number of unbranched alkanes of at least 4 members (excludes halogenated alkanes) is 1. The lowest BCUT2D eigenvalue weighted by molar-refractivity contribution is 0.282. The molecule has 0 aromatic heterocycles. The highest BCUT2D eigenvalue weighted by Gasteiger charge is 2.23. The molecule has 0 unspecified atom stereocenters. The van der Waals surface area contributed by atoms with Crippen LogP contribution in [-0.4, -0.2) is 30.9 Å². The van der Waals surface area contributed by atoms with Gasteiger partial charge in [-0.1, -0.05) is 37.9 Å². The minimum Gasteiger partial charge on any atom is -0.392 e. The molecule has 0 spiro atoms. The molecule has 0 aliphatic carbocycles. The molecule has 0 saturated heterocycles. The van der Waals surface area contributed by atoms with Gasteiger partial charge in [-0.2, -0.15) is 4.31 Å². The van der Waals surface area contributed by atoms with E-state index >= 15 is 0 Å². The van der Waals surface area contributed by atoms with E-state index < -0.39 is 10.0 Å². The maximum absolute atomic E-state index is 12.4. The second-order valence-corrected chi connectivity index (χ2v) is 6.61. The van der Waals surface area contributed by atoms with Gasteiger partial charge in [-0.25, -0.2) is 8.42 Å². The van der Waals surface area contributed by atoms with Gasteiger partial charge < -0.3 is 5.11 Å². The van der Waals surface area contributed by atoms with Crippen LogP contribution in [0.1, 0.15) is 32.3 Å². The number of nitrogens with zero attached hydrogens (tertiary/aromatic N) is 1. The molecule has 108 valence electrons. The van der Waals surface area contributed by atoms with Crippen molar-refractivity contribution in [2.24, 2.45) is 0 Å². The average Bonchev–Trinajstić information content (AvgIpc) is 2.39. The summed E-state index contributed by atoms with van der Waals surface area (Å²) in [5, 5.41) is 9.31. The average molecular weight is 306 g/mol. The van der Waals surface area contributed by atoms with Gasteiger partial charge in [-0.3, -0.25) is 0 Å². The Bertz CT molecular complexity index is 517. The van der Waals surface area contributed by atoms with Crippen LogP contribution >= 0.6 is 11.6 Å². The number of rotatable bonds is 7. The second kappa shape index (κ2) is 7.24. The normalized spacial score (nSPS) is 12.1. The molecule has 0 heterocycles. The standard InChI is InChI=1S/C13H20ClNO3S/c1-3-5-8-15(4-2)19(17,18)12-7-6-11(10-16)13(14)9-12/h6-7,9,16H,3-5,8,10H2,1-2H3. The van der Waals surface area contributed by atoms with Gasteiger partial charge in [0.25, 0.3) is 0 Å². The lowest BCUT2D eigenvalue weighted by atomic mass is 10.2. The monoisotopic (exact) mass is 305 g/mol. The van der Waals surface area contributed by atoms with Crippen molar-refractivity contribution < 1.29 is 13.5 Å². The van der Waals surface area contributed by atoms with Gasteiger partial charge in [0.2, 0.25) is 10.0 Å². The van der Waals surface area contributed by atoms with E-state index in [1.165, 1.54) is 16.4 Å². The molecule has 0 saturated carbocycles. The van der Waals surface area contributed by atoms with Crippen molar-refractivity contribution in [1.82, 2.24) is 4.31 Å². The number of benzene rings is 1. The highest BCUT2D eigenvalue weighted by Crippen LogP contribution is 2.23. The molecular weight excluding hydrogens is 286 g/mol. The lowest BCUT2D eigenvalue weighted by Crippen LogP contribution is -2.31. The van der Waals surface area contributed by atoms with Crippen LogP contribution in [0.2, 0.25) is 5.02 Å². The molecule has 1 aromatic rings. The predicted octanol–water partition coefficient (Wildman–Crippen LogP) is 2.64. The van der Waals surface area contributed by atoms with E-state index in [9.17, 15) is 8.42 Å². The molecule has 4 nitrogen and oxygen atoms in total. The molecule has 1 aromatic carbocycles. The third-order valence-electron chi connectivity index (χ3n) is 2.95. The molecule has 0 fully saturated rings. The minimum atomic E-state index is -3.50. The topological polar surface area (TPSA) is 57.6 Å². The zero-order valence-electron chi connectivity index (χ0n) is 11.3. The van der Waals surface area contributed by atoms with E-state index in [-0.39, 0.29) is 16.5 Å². The van der Waals surface area contributed by atoms with Crippen molar-refractivity contribution in [1.29, 1.82) is 0 Å². The summed E-state index contributed by atoms with van der Waals surface area (Å²) in [5.74, 6) is 0. The highest BCUT2D eigenvalue weighted by molar-refractivity contribution is 7.89. The van der Waals surface area contributed by atoms with Crippen LogP contribution in [0.4, 0.5) is 0 Å².